The van der Waals surface area contributed by atoms with Crippen LogP contribution in [0.15, 0.2) is 30.6 Å². The van der Waals surface area contributed by atoms with Gasteiger partial charge in [-0.05, 0) is 31.0 Å². The van der Waals surface area contributed by atoms with E-state index in [9.17, 15) is 4.79 Å². The molecule has 1 aromatic carbocycles. The summed E-state index contributed by atoms with van der Waals surface area (Å²) in [6.45, 7) is 0. The van der Waals surface area contributed by atoms with E-state index < -0.39 is 0 Å². The molecule has 2 aromatic rings. The van der Waals surface area contributed by atoms with Crippen LogP contribution in [0.3, 0.4) is 0 Å². The van der Waals surface area contributed by atoms with E-state index in [1.54, 1.807) is 24.3 Å². The second-order valence-corrected chi connectivity index (χ2v) is 6.34. The highest BCUT2D eigenvalue weighted by Gasteiger charge is 2.19. The van der Waals surface area contributed by atoms with Crippen molar-refractivity contribution in [2.45, 2.75) is 31.7 Å². The third-order valence-electron chi connectivity index (χ3n) is 3.78. The molecule has 0 spiro atoms. The Morgan fingerprint density at radius 1 is 1.13 bits per heavy atom. The van der Waals surface area contributed by atoms with E-state index in [2.05, 4.69) is 20.6 Å². The van der Waals surface area contributed by atoms with Crippen molar-refractivity contribution < 1.29 is 4.79 Å². The zero-order valence-electron chi connectivity index (χ0n) is 12.4. The number of nitrogens with zero attached hydrogens (tertiary/aromatic N) is 2. The fourth-order valence-corrected chi connectivity index (χ4v) is 3.06. The van der Waals surface area contributed by atoms with Gasteiger partial charge in [0.2, 0.25) is 0 Å². The number of nitrogens with one attached hydrogen (secondary N) is 2. The molecular weight excluding hydrogens is 335 g/mol. The Morgan fingerprint density at radius 3 is 2.65 bits per heavy atom. The number of hydrogen-bond acceptors (Lipinski definition) is 4. The smallest absolute Gasteiger partial charge is 0.270 e. The average molecular weight is 351 g/mol. The monoisotopic (exact) mass is 350 g/mol. The van der Waals surface area contributed by atoms with Crippen molar-refractivity contribution in [2.75, 3.05) is 5.32 Å². The van der Waals surface area contributed by atoms with E-state index in [0.717, 1.165) is 25.7 Å². The number of amides is 1. The van der Waals surface area contributed by atoms with Crippen molar-refractivity contribution in [1.82, 2.24) is 15.3 Å². The van der Waals surface area contributed by atoms with Crippen LogP contribution in [0.25, 0.3) is 0 Å². The first-order valence-electron chi connectivity index (χ1n) is 7.47. The molecule has 7 heteroatoms. The fraction of sp³-hybridized carbons (Fsp3) is 0.312. The predicted octanol–water partition coefficient (Wildman–Crippen LogP) is 4.20. The van der Waals surface area contributed by atoms with Gasteiger partial charge in [-0.3, -0.25) is 4.79 Å². The Morgan fingerprint density at radius 2 is 1.91 bits per heavy atom. The van der Waals surface area contributed by atoms with E-state index in [-0.39, 0.29) is 11.9 Å². The molecule has 1 saturated carbocycles. The molecule has 0 aliphatic heterocycles. The molecular formula is C16H16Cl2N4O. The Kier molecular flexibility index (Phi) is 4.98. The minimum Gasteiger partial charge on any atom is -0.348 e. The van der Waals surface area contributed by atoms with Gasteiger partial charge in [-0.25, -0.2) is 9.97 Å². The second-order valence-electron chi connectivity index (χ2n) is 5.49. The Balaban J connectivity index is 1.72. The van der Waals surface area contributed by atoms with Gasteiger partial charge in [0.25, 0.3) is 5.91 Å². The lowest BCUT2D eigenvalue weighted by Gasteiger charge is -2.12. The van der Waals surface area contributed by atoms with E-state index >= 15 is 0 Å². The Labute approximate surface area is 144 Å². The first kappa shape index (κ1) is 16.0. The predicted molar refractivity (Wildman–Crippen MR) is 91.5 cm³/mol. The highest BCUT2D eigenvalue weighted by atomic mass is 35.5. The van der Waals surface area contributed by atoms with Gasteiger partial charge in [-0.15, -0.1) is 0 Å². The van der Waals surface area contributed by atoms with Crippen LogP contribution in [0, 0.1) is 0 Å². The van der Waals surface area contributed by atoms with Crippen molar-refractivity contribution in [3.63, 3.8) is 0 Å². The van der Waals surface area contributed by atoms with Crippen LogP contribution in [-0.4, -0.2) is 21.9 Å². The molecule has 0 unspecified atom stereocenters. The summed E-state index contributed by atoms with van der Waals surface area (Å²) >= 11 is 12.0. The summed E-state index contributed by atoms with van der Waals surface area (Å²) in [5.41, 5.74) is 0.997. The fourth-order valence-electron chi connectivity index (χ4n) is 2.61. The lowest BCUT2D eigenvalue weighted by Crippen LogP contribution is -2.33. The van der Waals surface area contributed by atoms with Crippen molar-refractivity contribution in [3.8, 4) is 0 Å². The minimum atomic E-state index is -0.176. The maximum atomic E-state index is 12.2. The standard InChI is InChI=1S/C16H16Cl2N4O/c17-10-5-6-13(12(18)7-10)22-15-8-14(19-9-20-15)16(23)21-11-3-1-2-4-11/h5-9,11H,1-4H2,(H,21,23)(H,19,20,22). The van der Waals surface area contributed by atoms with E-state index in [4.69, 9.17) is 23.2 Å². The zero-order chi connectivity index (χ0) is 16.2. The van der Waals surface area contributed by atoms with Crippen LogP contribution < -0.4 is 10.6 Å². The van der Waals surface area contributed by atoms with Gasteiger partial charge < -0.3 is 10.6 Å². The summed E-state index contributed by atoms with van der Waals surface area (Å²) in [5, 5.41) is 7.11. The maximum Gasteiger partial charge on any atom is 0.270 e. The molecule has 0 radical (unpaired) electrons. The normalized spacial score (nSPS) is 14.7. The van der Waals surface area contributed by atoms with Crippen molar-refractivity contribution in [3.05, 3.63) is 46.3 Å². The summed E-state index contributed by atoms with van der Waals surface area (Å²) in [6, 6.07) is 6.98. The van der Waals surface area contributed by atoms with Crippen LogP contribution in [0.4, 0.5) is 11.5 Å². The molecule has 23 heavy (non-hydrogen) atoms. The third-order valence-corrected chi connectivity index (χ3v) is 4.33. The number of anilines is 2. The third kappa shape index (κ3) is 4.12. The molecule has 0 bridgehead atoms. The topological polar surface area (TPSA) is 66.9 Å². The van der Waals surface area contributed by atoms with Gasteiger partial charge >= 0.3 is 0 Å². The molecule has 1 heterocycles. The molecule has 1 aliphatic rings. The molecule has 1 amide bonds. The van der Waals surface area contributed by atoms with Crippen LogP contribution in [-0.2, 0) is 0 Å². The lowest BCUT2D eigenvalue weighted by molar-refractivity contribution is 0.0932. The average Bonchev–Trinajstić information content (AvgIpc) is 3.03. The number of aromatic nitrogens is 2. The summed E-state index contributed by atoms with van der Waals surface area (Å²) < 4.78 is 0. The first-order chi connectivity index (χ1) is 11.1. The molecule has 1 aromatic heterocycles. The number of carbonyl (C=O) groups is 1. The summed E-state index contributed by atoms with van der Waals surface area (Å²) in [7, 11) is 0. The number of benzene rings is 1. The minimum absolute atomic E-state index is 0.176. The van der Waals surface area contributed by atoms with E-state index in [1.807, 2.05) is 0 Å². The molecule has 0 atom stereocenters. The molecule has 120 valence electrons. The molecule has 0 saturated heterocycles. The van der Waals surface area contributed by atoms with Crippen LogP contribution in [0.5, 0.6) is 0 Å². The van der Waals surface area contributed by atoms with Crippen molar-refractivity contribution >= 4 is 40.6 Å². The van der Waals surface area contributed by atoms with Crippen LogP contribution in [0.1, 0.15) is 36.2 Å². The summed E-state index contributed by atoms with van der Waals surface area (Å²) in [6.07, 6.45) is 5.74. The molecule has 5 nitrogen and oxygen atoms in total. The second kappa shape index (κ2) is 7.15. The highest BCUT2D eigenvalue weighted by Crippen LogP contribution is 2.27. The molecule has 2 N–H and O–H groups in total. The van der Waals surface area contributed by atoms with E-state index in [1.165, 1.54) is 6.33 Å². The van der Waals surface area contributed by atoms with Gasteiger partial charge in [0.1, 0.15) is 17.8 Å². The number of carbonyl (C=O) groups excluding carboxylic acids is 1. The molecule has 1 fully saturated rings. The lowest BCUT2D eigenvalue weighted by atomic mass is 10.2. The van der Waals surface area contributed by atoms with Crippen LogP contribution >= 0.6 is 23.2 Å². The highest BCUT2D eigenvalue weighted by molar-refractivity contribution is 6.36. The van der Waals surface area contributed by atoms with Gasteiger partial charge in [0.15, 0.2) is 0 Å². The molecule has 1 aliphatic carbocycles. The number of halogens is 2. The summed E-state index contributed by atoms with van der Waals surface area (Å²) in [5.74, 6) is 0.324. The Bertz CT molecular complexity index is 717. The van der Waals surface area contributed by atoms with Crippen molar-refractivity contribution in [1.29, 1.82) is 0 Å². The van der Waals surface area contributed by atoms with Gasteiger partial charge in [0.05, 0.1) is 10.7 Å². The first-order valence-corrected chi connectivity index (χ1v) is 8.22. The van der Waals surface area contributed by atoms with Crippen molar-refractivity contribution in [2.24, 2.45) is 0 Å². The van der Waals surface area contributed by atoms with Gasteiger partial charge in [-0.2, -0.15) is 0 Å². The van der Waals surface area contributed by atoms with Gasteiger partial charge in [0, 0.05) is 17.1 Å². The van der Waals surface area contributed by atoms with Gasteiger partial charge in [-0.1, -0.05) is 36.0 Å². The zero-order valence-corrected chi connectivity index (χ0v) is 13.9. The Hall–Kier alpha value is -1.85. The summed E-state index contributed by atoms with van der Waals surface area (Å²) in [4.78, 5) is 20.4. The maximum absolute atomic E-state index is 12.2. The van der Waals surface area contributed by atoms with E-state index in [0.29, 0.717) is 27.2 Å². The largest absolute Gasteiger partial charge is 0.348 e. The molecule has 3 rings (SSSR count). The van der Waals surface area contributed by atoms with Crippen LogP contribution in [0.2, 0.25) is 10.0 Å². The number of rotatable bonds is 4. The SMILES string of the molecule is O=C(NC1CCCC1)c1cc(Nc2ccc(Cl)cc2Cl)ncn1. The number of hydrogen-bond donors (Lipinski definition) is 2. The quantitative estimate of drug-likeness (QED) is 0.866.